The molecule has 0 radical (unpaired) electrons. The van der Waals surface area contributed by atoms with E-state index in [2.05, 4.69) is 15.7 Å². The molecule has 0 bridgehead atoms. The van der Waals surface area contributed by atoms with Crippen LogP contribution in [0.5, 0.6) is 0 Å². The molecule has 1 saturated carbocycles. The van der Waals surface area contributed by atoms with Crippen molar-refractivity contribution in [2.24, 2.45) is 16.6 Å². The van der Waals surface area contributed by atoms with Crippen molar-refractivity contribution in [3.05, 3.63) is 0 Å². The van der Waals surface area contributed by atoms with Gasteiger partial charge in [0.15, 0.2) is 0 Å². The molecule has 0 amide bonds. The molecule has 1 rings (SSSR count). The van der Waals surface area contributed by atoms with E-state index in [-0.39, 0.29) is 0 Å². The van der Waals surface area contributed by atoms with Gasteiger partial charge in [-0.2, -0.15) is 0 Å². The second kappa shape index (κ2) is 5.04. The molecule has 0 aromatic heterocycles. The van der Waals surface area contributed by atoms with Gasteiger partial charge >= 0.3 is 0 Å². The van der Waals surface area contributed by atoms with Crippen molar-refractivity contribution in [3.63, 3.8) is 0 Å². The Hall–Kier alpha value is -0.810. The lowest BCUT2D eigenvalue weighted by Gasteiger charge is -2.27. The van der Waals surface area contributed by atoms with Crippen molar-refractivity contribution in [2.45, 2.75) is 37.8 Å². The van der Waals surface area contributed by atoms with E-state index in [9.17, 15) is 0 Å². The number of rotatable bonds is 1. The summed E-state index contributed by atoms with van der Waals surface area (Å²) in [6.07, 6.45) is 4.36. The molecule has 5 heteroatoms. The normalized spacial score (nSPS) is 29.9. The number of hydrogen-bond donors (Lipinski definition) is 4. The third-order valence-corrected chi connectivity index (χ3v) is 2.47. The van der Waals surface area contributed by atoms with Gasteiger partial charge in [0.05, 0.1) is 0 Å². The van der Waals surface area contributed by atoms with Crippen LogP contribution < -0.4 is 22.3 Å². The van der Waals surface area contributed by atoms with Gasteiger partial charge in [-0.3, -0.25) is 10.4 Å². The van der Waals surface area contributed by atoms with E-state index < -0.39 is 0 Å². The van der Waals surface area contributed by atoms with Crippen molar-refractivity contribution in [1.29, 1.82) is 0 Å². The van der Waals surface area contributed by atoms with Crippen LogP contribution in [0.1, 0.15) is 25.7 Å². The Labute approximate surface area is 78.9 Å². The lowest BCUT2D eigenvalue weighted by Crippen LogP contribution is -2.48. The number of hydrazine groups is 1. The summed E-state index contributed by atoms with van der Waals surface area (Å²) in [6.45, 7) is 0. The summed E-state index contributed by atoms with van der Waals surface area (Å²) in [6, 6.07) is 0.848. The highest BCUT2D eigenvalue weighted by Gasteiger charge is 2.18. The van der Waals surface area contributed by atoms with Gasteiger partial charge in [0.1, 0.15) is 0 Å². The van der Waals surface area contributed by atoms with Crippen molar-refractivity contribution in [3.8, 4) is 0 Å². The highest BCUT2D eigenvalue weighted by atomic mass is 15.3. The number of nitrogens with one attached hydrogen (secondary N) is 2. The molecular weight excluding hydrogens is 166 g/mol. The summed E-state index contributed by atoms with van der Waals surface area (Å²) in [5.74, 6) is 5.91. The van der Waals surface area contributed by atoms with Crippen molar-refractivity contribution < 1.29 is 0 Å². The molecule has 0 unspecified atom stereocenters. The van der Waals surface area contributed by atoms with Gasteiger partial charge in [-0.1, -0.05) is 0 Å². The third-order valence-electron chi connectivity index (χ3n) is 2.47. The Morgan fingerprint density at radius 1 is 1.31 bits per heavy atom. The van der Waals surface area contributed by atoms with Crippen molar-refractivity contribution in [2.75, 3.05) is 7.05 Å². The van der Waals surface area contributed by atoms with E-state index in [4.69, 9.17) is 11.6 Å². The largest absolute Gasteiger partial charge is 0.353 e. The molecule has 1 fully saturated rings. The maximum absolute atomic E-state index is 5.79. The molecule has 13 heavy (non-hydrogen) atoms. The maximum Gasteiger partial charge on any atom is 0.205 e. The first-order chi connectivity index (χ1) is 6.26. The molecule has 5 nitrogen and oxygen atoms in total. The number of nitrogens with zero attached hydrogens (tertiary/aromatic N) is 1. The summed E-state index contributed by atoms with van der Waals surface area (Å²) < 4.78 is 0. The summed E-state index contributed by atoms with van der Waals surface area (Å²) in [4.78, 5) is 3.96. The molecule has 6 N–H and O–H groups in total. The van der Waals surface area contributed by atoms with Gasteiger partial charge in [-0.25, -0.2) is 5.84 Å². The summed E-state index contributed by atoms with van der Waals surface area (Å²) in [5, 5.41) is 3.23. The topological polar surface area (TPSA) is 88.5 Å². The van der Waals surface area contributed by atoms with Crippen LogP contribution in [0.2, 0.25) is 0 Å². The number of hydrogen-bond acceptors (Lipinski definition) is 3. The lowest BCUT2D eigenvalue weighted by molar-refractivity contribution is 0.371. The summed E-state index contributed by atoms with van der Waals surface area (Å²) >= 11 is 0. The smallest absolute Gasteiger partial charge is 0.205 e. The van der Waals surface area contributed by atoms with E-state index in [1.165, 1.54) is 0 Å². The first-order valence-electron chi connectivity index (χ1n) is 4.71. The van der Waals surface area contributed by atoms with Crippen LogP contribution in [0.15, 0.2) is 4.99 Å². The first-order valence-corrected chi connectivity index (χ1v) is 4.71. The van der Waals surface area contributed by atoms with Crippen LogP contribution in [0, 0.1) is 0 Å². The Bertz CT molecular complexity index is 171. The Balaban J connectivity index is 2.29. The third kappa shape index (κ3) is 3.20. The molecular formula is C8H19N5. The minimum atomic E-state index is 0.380. The van der Waals surface area contributed by atoms with E-state index in [0.717, 1.165) is 25.7 Å². The predicted molar refractivity (Wildman–Crippen MR) is 54.0 cm³/mol. The number of aliphatic imine (C=N–C) groups is 1. The zero-order valence-corrected chi connectivity index (χ0v) is 8.09. The average molecular weight is 185 g/mol. The average Bonchev–Trinajstić information content (AvgIpc) is 2.17. The van der Waals surface area contributed by atoms with Gasteiger partial charge in [0, 0.05) is 19.1 Å². The van der Waals surface area contributed by atoms with E-state index >= 15 is 0 Å². The molecule has 1 aliphatic rings. The van der Waals surface area contributed by atoms with Gasteiger partial charge in [-0.15, -0.1) is 0 Å². The van der Waals surface area contributed by atoms with Gasteiger partial charge in [0.25, 0.3) is 0 Å². The highest BCUT2D eigenvalue weighted by Crippen LogP contribution is 2.16. The zero-order chi connectivity index (χ0) is 9.68. The Kier molecular flexibility index (Phi) is 3.98. The predicted octanol–water partition coefficient (Wildman–Crippen LogP) is -0.705. The second-order valence-corrected chi connectivity index (χ2v) is 3.47. The highest BCUT2D eigenvalue weighted by molar-refractivity contribution is 5.79. The van der Waals surface area contributed by atoms with Gasteiger partial charge in [-0.05, 0) is 25.7 Å². The SMILES string of the molecule is C/N=C(/NN)N[C@H]1CC[C@H](N)CC1. The molecule has 0 aliphatic heterocycles. The number of guanidine groups is 1. The summed E-state index contributed by atoms with van der Waals surface area (Å²) in [7, 11) is 1.71. The number of nitrogens with two attached hydrogens (primary N) is 2. The van der Waals surface area contributed by atoms with Crippen LogP contribution >= 0.6 is 0 Å². The van der Waals surface area contributed by atoms with E-state index in [0.29, 0.717) is 18.0 Å². The van der Waals surface area contributed by atoms with Crippen LogP contribution in [-0.2, 0) is 0 Å². The van der Waals surface area contributed by atoms with Crippen molar-refractivity contribution >= 4 is 5.96 Å². The Morgan fingerprint density at radius 3 is 2.38 bits per heavy atom. The van der Waals surface area contributed by atoms with Crippen LogP contribution in [-0.4, -0.2) is 25.1 Å². The molecule has 0 atom stereocenters. The van der Waals surface area contributed by atoms with Crippen LogP contribution in [0.4, 0.5) is 0 Å². The lowest BCUT2D eigenvalue weighted by atomic mass is 9.92. The molecule has 0 aromatic carbocycles. The first kappa shape index (κ1) is 10.3. The van der Waals surface area contributed by atoms with Crippen LogP contribution in [0.25, 0.3) is 0 Å². The van der Waals surface area contributed by atoms with Crippen molar-refractivity contribution in [1.82, 2.24) is 10.7 Å². The molecule has 0 saturated heterocycles. The fourth-order valence-electron chi connectivity index (χ4n) is 1.63. The van der Waals surface area contributed by atoms with Gasteiger partial charge < -0.3 is 11.1 Å². The molecule has 0 aromatic rings. The quantitative estimate of drug-likeness (QED) is 0.188. The monoisotopic (exact) mass is 185 g/mol. The molecule has 0 spiro atoms. The van der Waals surface area contributed by atoms with Gasteiger partial charge in [0.2, 0.25) is 5.96 Å². The fourth-order valence-corrected chi connectivity index (χ4v) is 1.63. The Morgan fingerprint density at radius 2 is 1.92 bits per heavy atom. The van der Waals surface area contributed by atoms with E-state index in [1.807, 2.05) is 0 Å². The van der Waals surface area contributed by atoms with E-state index in [1.54, 1.807) is 7.05 Å². The summed E-state index contributed by atoms with van der Waals surface area (Å²) in [5.41, 5.74) is 8.31. The standard InChI is InChI=1S/C8H19N5/c1-11-8(13-10)12-7-4-2-6(9)3-5-7/h6-7H,2-5,9-10H2,1H3,(H2,11,12,13)/t6-,7-. The fraction of sp³-hybridized carbons (Fsp3) is 0.875. The molecule has 1 aliphatic carbocycles. The zero-order valence-electron chi connectivity index (χ0n) is 8.09. The second-order valence-electron chi connectivity index (χ2n) is 3.47. The minimum absolute atomic E-state index is 0.380. The maximum atomic E-state index is 5.79. The molecule has 76 valence electrons. The molecule has 0 heterocycles. The minimum Gasteiger partial charge on any atom is -0.353 e. The van der Waals surface area contributed by atoms with Crippen LogP contribution in [0.3, 0.4) is 0 Å².